The third-order valence-electron chi connectivity index (χ3n) is 3.22. The standard InChI is InChI=1S/C18H22N4/c1-14-5-7-15(8-6-14)12-22(13-18(2,3)4)17-9-10-20-16(11-19)21-17/h5-10H,12-13H2,1-4H3. The third kappa shape index (κ3) is 4.56. The maximum Gasteiger partial charge on any atom is 0.234 e. The Morgan fingerprint density at radius 3 is 2.41 bits per heavy atom. The third-order valence-corrected chi connectivity index (χ3v) is 3.22. The first-order valence-corrected chi connectivity index (χ1v) is 7.41. The van der Waals surface area contributed by atoms with Crippen molar-refractivity contribution in [3.05, 3.63) is 53.5 Å². The minimum Gasteiger partial charge on any atom is -0.352 e. The molecule has 4 heteroatoms. The topological polar surface area (TPSA) is 52.8 Å². The van der Waals surface area contributed by atoms with Crippen LogP contribution in [0.3, 0.4) is 0 Å². The zero-order valence-corrected chi connectivity index (χ0v) is 13.7. The second kappa shape index (κ2) is 6.57. The lowest BCUT2D eigenvalue weighted by Gasteiger charge is -2.31. The quantitative estimate of drug-likeness (QED) is 0.862. The summed E-state index contributed by atoms with van der Waals surface area (Å²) >= 11 is 0. The van der Waals surface area contributed by atoms with Crippen LogP contribution in [0.2, 0.25) is 0 Å². The van der Waals surface area contributed by atoms with Crippen molar-refractivity contribution in [1.82, 2.24) is 9.97 Å². The lowest BCUT2D eigenvalue weighted by atomic mass is 9.95. The van der Waals surface area contributed by atoms with Gasteiger partial charge in [-0.2, -0.15) is 5.26 Å². The number of nitrogens with zero attached hydrogens (tertiary/aromatic N) is 4. The molecule has 0 fully saturated rings. The number of benzene rings is 1. The van der Waals surface area contributed by atoms with E-state index < -0.39 is 0 Å². The molecule has 0 aliphatic heterocycles. The van der Waals surface area contributed by atoms with E-state index in [0.29, 0.717) is 0 Å². The second-order valence-corrected chi connectivity index (χ2v) is 6.75. The molecule has 0 unspecified atom stereocenters. The van der Waals surface area contributed by atoms with Gasteiger partial charge in [0, 0.05) is 19.3 Å². The summed E-state index contributed by atoms with van der Waals surface area (Å²) in [7, 11) is 0. The average Bonchev–Trinajstić information content (AvgIpc) is 2.47. The number of hydrogen-bond donors (Lipinski definition) is 0. The molecule has 0 amide bonds. The van der Waals surface area contributed by atoms with E-state index in [9.17, 15) is 0 Å². The molecule has 0 saturated heterocycles. The number of hydrogen-bond acceptors (Lipinski definition) is 4. The minimum atomic E-state index is 0.127. The van der Waals surface area contributed by atoms with Crippen LogP contribution in [0.4, 0.5) is 5.82 Å². The Morgan fingerprint density at radius 1 is 1.14 bits per heavy atom. The molecule has 0 bridgehead atoms. The van der Waals surface area contributed by atoms with Crippen molar-refractivity contribution >= 4 is 5.82 Å². The van der Waals surface area contributed by atoms with E-state index in [1.807, 2.05) is 12.1 Å². The molecule has 2 rings (SSSR count). The number of anilines is 1. The summed E-state index contributed by atoms with van der Waals surface area (Å²) in [5, 5.41) is 9.00. The fraction of sp³-hybridized carbons (Fsp3) is 0.389. The first-order valence-electron chi connectivity index (χ1n) is 7.41. The van der Waals surface area contributed by atoms with Crippen molar-refractivity contribution < 1.29 is 0 Å². The molecule has 1 aromatic carbocycles. The van der Waals surface area contributed by atoms with Crippen LogP contribution in [0.15, 0.2) is 36.5 Å². The van der Waals surface area contributed by atoms with Crippen LogP contribution in [0.1, 0.15) is 37.7 Å². The van der Waals surface area contributed by atoms with Crippen molar-refractivity contribution in [3.63, 3.8) is 0 Å². The maximum absolute atomic E-state index is 9.00. The molecule has 0 N–H and O–H groups in total. The molecule has 2 aromatic rings. The highest BCUT2D eigenvalue weighted by Crippen LogP contribution is 2.22. The zero-order chi connectivity index (χ0) is 16.2. The fourth-order valence-corrected chi connectivity index (χ4v) is 2.28. The van der Waals surface area contributed by atoms with Crippen LogP contribution >= 0.6 is 0 Å². The normalized spacial score (nSPS) is 11.0. The van der Waals surface area contributed by atoms with E-state index >= 15 is 0 Å². The number of aryl methyl sites for hydroxylation is 1. The largest absolute Gasteiger partial charge is 0.352 e. The van der Waals surface area contributed by atoms with Crippen molar-refractivity contribution in [2.45, 2.75) is 34.2 Å². The van der Waals surface area contributed by atoms with Crippen LogP contribution in [0.5, 0.6) is 0 Å². The van der Waals surface area contributed by atoms with Crippen molar-refractivity contribution in [3.8, 4) is 6.07 Å². The van der Waals surface area contributed by atoms with Crippen molar-refractivity contribution in [2.75, 3.05) is 11.4 Å². The predicted molar refractivity (Wildman–Crippen MR) is 88.4 cm³/mol. The van der Waals surface area contributed by atoms with Gasteiger partial charge < -0.3 is 4.90 Å². The second-order valence-electron chi connectivity index (χ2n) is 6.75. The SMILES string of the molecule is Cc1ccc(CN(CC(C)(C)C)c2ccnc(C#N)n2)cc1. The molecule has 1 aromatic heterocycles. The van der Waals surface area contributed by atoms with Gasteiger partial charge in [-0.15, -0.1) is 0 Å². The lowest BCUT2D eigenvalue weighted by Crippen LogP contribution is -2.33. The summed E-state index contributed by atoms with van der Waals surface area (Å²) in [5.41, 5.74) is 2.61. The van der Waals surface area contributed by atoms with Crippen LogP contribution in [-0.4, -0.2) is 16.5 Å². The fourth-order valence-electron chi connectivity index (χ4n) is 2.28. The van der Waals surface area contributed by atoms with Gasteiger partial charge >= 0.3 is 0 Å². The van der Waals surface area contributed by atoms with Gasteiger partial charge in [0.25, 0.3) is 0 Å². The number of nitriles is 1. The summed E-state index contributed by atoms with van der Waals surface area (Å²) in [6, 6.07) is 12.4. The Kier molecular flexibility index (Phi) is 4.77. The van der Waals surface area contributed by atoms with Gasteiger partial charge in [0.2, 0.25) is 5.82 Å². The smallest absolute Gasteiger partial charge is 0.234 e. The van der Waals surface area contributed by atoms with E-state index in [1.165, 1.54) is 11.1 Å². The minimum absolute atomic E-state index is 0.127. The van der Waals surface area contributed by atoms with Gasteiger partial charge in [-0.25, -0.2) is 9.97 Å². The van der Waals surface area contributed by atoms with Gasteiger partial charge in [0.05, 0.1) is 0 Å². The van der Waals surface area contributed by atoms with E-state index in [0.717, 1.165) is 18.9 Å². The van der Waals surface area contributed by atoms with Crippen molar-refractivity contribution in [1.29, 1.82) is 5.26 Å². The highest BCUT2D eigenvalue weighted by atomic mass is 15.2. The van der Waals surface area contributed by atoms with E-state index in [-0.39, 0.29) is 11.2 Å². The molecule has 4 nitrogen and oxygen atoms in total. The Hall–Kier alpha value is -2.41. The Balaban J connectivity index is 2.29. The van der Waals surface area contributed by atoms with E-state index in [2.05, 4.69) is 66.8 Å². The molecule has 0 saturated carbocycles. The summed E-state index contributed by atoms with van der Waals surface area (Å²) in [6.07, 6.45) is 1.64. The highest BCUT2D eigenvalue weighted by Gasteiger charge is 2.18. The predicted octanol–water partition coefficient (Wildman–Crippen LogP) is 3.71. The molecule has 0 atom stereocenters. The molecule has 22 heavy (non-hydrogen) atoms. The summed E-state index contributed by atoms with van der Waals surface area (Å²) in [6.45, 7) is 10.3. The van der Waals surface area contributed by atoms with Crippen LogP contribution in [0, 0.1) is 23.7 Å². The number of aromatic nitrogens is 2. The van der Waals surface area contributed by atoms with Gasteiger partial charge in [0.1, 0.15) is 11.9 Å². The van der Waals surface area contributed by atoms with Gasteiger partial charge in [-0.3, -0.25) is 0 Å². The lowest BCUT2D eigenvalue weighted by molar-refractivity contribution is 0.407. The molecular formula is C18H22N4. The van der Waals surface area contributed by atoms with Gasteiger partial charge in [-0.05, 0) is 24.0 Å². The van der Waals surface area contributed by atoms with Gasteiger partial charge in [0.15, 0.2) is 0 Å². The molecule has 0 spiro atoms. The first kappa shape index (κ1) is 16.0. The molecule has 1 heterocycles. The Labute approximate surface area is 132 Å². The summed E-state index contributed by atoms with van der Waals surface area (Å²) in [4.78, 5) is 10.5. The molecule has 114 valence electrons. The number of rotatable bonds is 4. The van der Waals surface area contributed by atoms with Crippen LogP contribution in [-0.2, 0) is 6.54 Å². The summed E-state index contributed by atoms with van der Waals surface area (Å²) < 4.78 is 0. The average molecular weight is 294 g/mol. The van der Waals surface area contributed by atoms with Crippen LogP contribution < -0.4 is 4.90 Å². The summed E-state index contributed by atoms with van der Waals surface area (Å²) in [5.74, 6) is 1.00. The van der Waals surface area contributed by atoms with Gasteiger partial charge in [-0.1, -0.05) is 50.6 Å². The zero-order valence-electron chi connectivity index (χ0n) is 13.7. The highest BCUT2D eigenvalue weighted by molar-refractivity contribution is 5.40. The van der Waals surface area contributed by atoms with Crippen molar-refractivity contribution in [2.24, 2.45) is 5.41 Å². The first-order chi connectivity index (χ1) is 10.4. The Morgan fingerprint density at radius 2 is 1.82 bits per heavy atom. The van der Waals surface area contributed by atoms with E-state index in [4.69, 9.17) is 5.26 Å². The molecule has 0 aliphatic rings. The molecular weight excluding hydrogens is 272 g/mol. The molecule has 0 aliphatic carbocycles. The maximum atomic E-state index is 9.00. The Bertz CT molecular complexity index is 663. The van der Waals surface area contributed by atoms with Crippen LogP contribution in [0.25, 0.3) is 0 Å². The molecule has 0 radical (unpaired) electrons. The van der Waals surface area contributed by atoms with E-state index in [1.54, 1.807) is 6.20 Å². The monoisotopic (exact) mass is 294 g/mol.